The maximum Gasteiger partial charge on any atom is 0.180 e. The first-order valence-corrected chi connectivity index (χ1v) is 11.3. The predicted octanol–water partition coefficient (Wildman–Crippen LogP) is 4.97. The van der Waals surface area contributed by atoms with Crippen molar-refractivity contribution in [3.05, 3.63) is 73.3 Å². The number of aromatic amines is 1. The highest BCUT2D eigenvalue weighted by Crippen LogP contribution is 2.29. The van der Waals surface area contributed by atoms with Gasteiger partial charge in [0.15, 0.2) is 11.5 Å². The lowest BCUT2D eigenvalue weighted by Crippen LogP contribution is -2.42. The molecule has 3 N–H and O–H groups in total. The van der Waals surface area contributed by atoms with E-state index in [1.807, 2.05) is 29.9 Å². The van der Waals surface area contributed by atoms with Crippen LogP contribution >= 0.6 is 0 Å². The van der Waals surface area contributed by atoms with Crippen LogP contribution in [-0.4, -0.2) is 43.1 Å². The lowest BCUT2D eigenvalue weighted by atomic mass is 9.93. The highest BCUT2D eigenvalue weighted by molar-refractivity contribution is 5.85. The minimum Gasteiger partial charge on any atom is -0.390 e. The Kier molecular flexibility index (Phi) is 4.58. The van der Waals surface area contributed by atoms with Crippen LogP contribution in [0.4, 0.5) is 17.2 Å². The van der Waals surface area contributed by atoms with Crippen molar-refractivity contribution >= 4 is 33.7 Å². The number of nitrogens with zero attached hydrogens (tertiary/aromatic N) is 4. The third-order valence-corrected chi connectivity index (χ3v) is 6.56. The maximum atomic E-state index is 10.2. The van der Waals surface area contributed by atoms with Crippen molar-refractivity contribution in [1.29, 1.82) is 0 Å². The monoisotopic (exact) mass is 438 g/mol. The van der Waals surface area contributed by atoms with Gasteiger partial charge in [-0.15, -0.1) is 0 Å². The molecular formula is C26H26N6O. The van der Waals surface area contributed by atoms with Gasteiger partial charge in [-0.25, -0.2) is 9.97 Å². The van der Waals surface area contributed by atoms with Crippen LogP contribution in [0.25, 0.3) is 27.8 Å². The summed E-state index contributed by atoms with van der Waals surface area (Å²) >= 11 is 0. The normalized spacial score (nSPS) is 15.9. The van der Waals surface area contributed by atoms with E-state index in [4.69, 9.17) is 4.98 Å². The average molecular weight is 439 g/mol. The van der Waals surface area contributed by atoms with Crippen molar-refractivity contribution in [1.82, 2.24) is 19.4 Å². The second kappa shape index (κ2) is 7.64. The number of piperidine rings is 1. The van der Waals surface area contributed by atoms with Gasteiger partial charge in [-0.3, -0.25) is 0 Å². The topological polar surface area (TPSA) is 81.5 Å². The number of nitrogens with one attached hydrogen (secondary N) is 2. The van der Waals surface area contributed by atoms with E-state index in [0.29, 0.717) is 5.82 Å². The molecule has 0 aliphatic carbocycles. The minimum atomic E-state index is -0.546. The van der Waals surface area contributed by atoms with Gasteiger partial charge >= 0.3 is 0 Å². The van der Waals surface area contributed by atoms with Crippen LogP contribution < -0.4 is 10.2 Å². The highest BCUT2D eigenvalue weighted by atomic mass is 16.3. The summed E-state index contributed by atoms with van der Waals surface area (Å²) in [5, 5.41) is 14.8. The van der Waals surface area contributed by atoms with Gasteiger partial charge in [0.2, 0.25) is 0 Å². The van der Waals surface area contributed by atoms with Gasteiger partial charge in [-0.2, -0.15) is 0 Å². The number of hydrogen-bond acceptors (Lipinski definition) is 5. The fraction of sp³-hybridized carbons (Fsp3) is 0.231. The number of hydrogen-bond donors (Lipinski definition) is 3. The quantitative estimate of drug-likeness (QED) is 0.369. The Morgan fingerprint density at radius 1 is 1.06 bits per heavy atom. The Hall–Kier alpha value is -3.84. The summed E-state index contributed by atoms with van der Waals surface area (Å²) in [5.74, 6) is 0.714. The molecule has 6 rings (SSSR count). The van der Waals surface area contributed by atoms with Crippen molar-refractivity contribution in [2.75, 3.05) is 23.3 Å². The minimum absolute atomic E-state index is 0.546. The van der Waals surface area contributed by atoms with Gasteiger partial charge in [0.05, 0.1) is 11.3 Å². The summed E-state index contributed by atoms with van der Waals surface area (Å²) in [4.78, 5) is 15.0. The summed E-state index contributed by atoms with van der Waals surface area (Å²) in [6, 6.07) is 16.8. The standard InChI is InChI=1S/C26H26N6O/c1-26(33)9-13-31(14-10-26)21-6-4-20(5-7-21)29-24-25-28-12-15-32(25)17-23(30-24)19-3-2-18-8-11-27-22(18)16-19/h2-8,11-12,15-17,27,33H,9-10,13-14H2,1H3,(H,29,30). The van der Waals surface area contributed by atoms with Crippen LogP contribution in [0.15, 0.2) is 73.3 Å². The molecule has 1 saturated heterocycles. The Balaban J connectivity index is 1.29. The van der Waals surface area contributed by atoms with E-state index in [-0.39, 0.29) is 0 Å². The number of rotatable bonds is 4. The van der Waals surface area contributed by atoms with Crippen LogP contribution in [-0.2, 0) is 0 Å². The molecule has 0 amide bonds. The smallest absolute Gasteiger partial charge is 0.180 e. The zero-order valence-electron chi connectivity index (χ0n) is 18.5. The molecule has 1 fully saturated rings. The van der Waals surface area contributed by atoms with Crippen LogP contribution in [0.5, 0.6) is 0 Å². The fourth-order valence-corrected chi connectivity index (χ4v) is 4.50. The third-order valence-electron chi connectivity index (χ3n) is 6.56. The van der Waals surface area contributed by atoms with Crippen LogP contribution in [0.1, 0.15) is 19.8 Å². The summed E-state index contributed by atoms with van der Waals surface area (Å²) in [7, 11) is 0. The molecule has 0 bridgehead atoms. The van der Waals surface area contributed by atoms with E-state index in [1.54, 1.807) is 6.20 Å². The maximum absolute atomic E-state index is 10.2. The first-order valence-electron chi connectivity index (χ1n) is 11.3. The van der Waals surface area contributed by atoms with Crippen LogP contribution in [0.3, 0.4) is 0 Å². The third kappa shape index (κ3) is 3.81. The molecule has 7 heteroatoms. The molecule has 0 spiro atoms. The van der Waals surface area contributed by atoms with Gasteiger partial charge in [0.1, 0.15) is 0 Å². The summed E-state index contributed by atoms with van der Waals surface area (Å²) in [6.07, 6.45) is 9.25. The second-order valence-electron chi connectivity index (χ2n) is 9.07. The predicted molar refractivity (Wildman–Crippen MR) is 132 cm³/mol. The average Bonchev–Trinajstić information content (AvgIpc) is 3.48. The van der Waals surface area contributed by atoms with Crippen molar-refractivity contribution in [3.8, 4) is 11.3 Å². The van der Waals surface area contributed by atoms with E-state index in [9.17, 15) is 5.11 Å². The van der Waals surface area contributed by atoms with Gasteiger partial charge < -0.3 is 24.7 Å². The number of imidazole rings is 1. The molecule has 2 aromatic carbocycles. The molecule has 5 aromatic rings. The first-order chi connectivity index (χ1) is 16.0. The largest absolute Gasteiger partial charge is 0.390 e. The van der Waals surface area contributed by atoms with Crippen molar-refractivity contribution in [2.24, 2.45) is 0 Å². The molecule has 4 heterocycles. The van der Waals surface area contributed by atoms with Gasteiger partial charge in [0, 0.05) is 60.3 Å². The highest BCUT2D eigenvalue weighted by Gasteiger charge is 2.27. The molecule has 1 aliphatic heterocycles. The Morgan fingerprint density at radius 3 is 2.70 bits per heavy atom. The number of aromatic nitrogens is 4. The number of H-pyrrole nitrogens is 1. The Labute approximate surface area is 191 Å². The van der Waals surface area contributed by atoms with Gasteiger partial charge in [-0.1, -0.05) is 12.1 Å². The van der Waals surface area contributed by atoms with Crippen molar-refractivity contribution in [2.45, 2.75) is 25.4 Å². The van der Waals surface area contributed by atoms with Crippen molar-refractivity contribution in [3.63, 3.8) is 0 Å². The molecular weight excluding hydrogens is 412 g/mol. The SMILES string of the molecule is CC1(O)CCN(c2ccc(Nc3nc(-c4ccc5cc[nH]c5c4)cn4ccnc34)cc2)CC1. The summed E-state index contributed by atoms with van der Waals surface area (Å²) in [5.41, 5.74) is 5.36. The summed E-state index contributed by atoms with van der Waals surface area (Å²) < 4.78 is 2.00. The van der Waals surface area contributed by atoms with Gasteiger partial charge in [0.25, 0.3) is 0 Å². The molecule has 0 saturated carbocycles. The van der Waals surface area contributed by atoms with E-state index in [2.05, 4.69) is 68.7 Å². The first kappa shape index (κ1) is 19.8. The molecule has 7 nitrogen and oxygen atoms in total. The number of benzene rings is 2. The fourth-order valence-electron chi connectivity index (χ4n) is 4.50. The molecule has 33 heavy (non-hydrogen) atoms. The van der Waals surface area contributed by atoms with E-state index in [0.717, 1.165) is 54.0 Å². The molecule has 0 atom stereocenters. The lowest BCUT2D eigenvalue weighted by molar-refractivity contribution is 0.0351. The Morgan fingerprint density at radius 2 is 1.88 bits per heavy atom. The number of fused-ring (bicyclic) bond motifs is 2. The molecule has 166 valence electrons. The molecule has 3 aromatic heterocycles. The van der Waals surface area contributed by atoms with E-state index in [1.165, 1.54) is 11.1 Å². The van der Waals surface area contributed by atoms with Gasteiger partial charge in [-0.05, 0) is 61.5 Å². The number of aliphatic hydroxyl groups is 1. The number of anilines is 3. The lowest BCUT2D eigenvalue weighted by Gasteiger charge is -2.37. The van der Waals surface area contributed by atoms with Crippen molar-refractivity contribution < 1.29 is 5.11 Å². The summed E-state index contributed by atoms with van der Waals surface area (Å²) in [6.45, 7) is 3.65. The zero-order chi connectivity index (χ0) is 22.4. The molecule has 0 unspecified atom stereocenters. The van der Waals surface area contributed by atoms with E-state index >= 15 is 0 Å². The van der Waals surface area contributed by atoms with Crippen LogP contribution in [0.2, 0.25) is 0 Å². The van der Waals surface area contributed by atoms with Crippen LogP contribution in [0, 0.1) is 0 Å². The zero-order valence-corrected chi connectivity index (χ0v) is 18.5. The Bertz CT molecular complexity index is 1420. The molecule has 1 aliphatic rings. The second-order valence-corrected chi connectivity index (χ2v) is 9.07. The van der Waals surface area contributed by atoms with E-state index < -0.39 is 5.60 Å². The molecule has 0 radical (unpaired) electrons.